The SMILES string of the molecule is O=C1N/C(=C/c2ccc(OCc3ccc(I)cc3)cc2)C(=O)N1c1cccc(Cl)c1. The molecule has 3 aromatic rings. The second-order valence-electron chi connectivity index (χ2n) is 6.59. The van der Waals surface area contributed by atoms with Crippen LogP contribution >= 0.6 is 34.2 Å². The van der Waals surface area contributed by atoms with Gasteiger partial charge in [0.25, 0.3) is 5.91 Å². The van der Waals surface area contributed by atoms with Gasteiger partial charge in [-0.1, -0.05) is 41.9 Å². The van der Waals surface area contributed by atoms with Crippen LogP contribution in [0, 0.1) is 3.57 Å². The Morgan fingerprint density at radius 2 is 1.73 bits per heavy atom. The van der Waals surface area contributed by atoms with Gasteiger partial charge >= 0.3 is 6.03 Å². The standard InChI is InChI=1S/C23H16ClIN2O3/c24-17-2-1-3-19(13-17)27-22(28)21(26-23(27)29)12-15-6-10-20(11-7-15)30-14-16-4-8-18(25)9-5-16/h1-13H,14H2,(H,26,29)/b21-12+. The molecule has 150 valence electrons. The molecule has 0 spiro atoms. The minimum Gasteiger partial charge on any atom is -0.489 e. The summed E-state index contributed by atoms with van der Waals surface area (Å²) in [6.45, 7) is 0.473. The number of amides is 3. The van der Waals surface area contributed by atoms with Crippen LogP contribution < -0.4 is 15.0 Å². The number of carbonyl (C=O) groups excluding carboxylic acids is 2. The number of imide groups is 1. The summed E-state index contributed by atoms with van der Waals surface area (Å²) >= 11 is 8.24. The van der Waals surface area contributed by atoms with Crippen molar-refractivity contribution < 1.29 is 14.3 Å². The van der Waals surface area contributed by atoms with Crippen LogP contribution in [0.4, 0.5) is 10.5 Å². The first-order chi connectivity index (χ1) is 14.5. The number of ether oxygens (including phenoxy) is 1. The maximum absolute atomic E-state index is 12.7. The Bertz CT molecular complexity index is 1130. The molecule has 3 amide bonds. The van der Waals surface area contributed by atoms with Crippen LogP contribution in [0.5, 0.6) is 5.75 Å². The molecule has 7 heteroatoms. The van der Waals surface area contributed by atoms with Crippen molar-refractivity contribution in [3.63, 3.8) is 0 Å². The van der Waals surface area contributed by atoms with E-state index in [1.165, 1.54) is 3.57 Å². The van der Waals surface area contributed by atoms with Gasteiger partial charge in [-0.05, 0) is 82.3 Å². The topological polar surface area (TPSA) is 58.6 Å². The van der Waals surface area contributed by atoms with Crippen LogP contribution in [0.3, 0.4) is 0 Å². The summed E-state index contributed by atoms with van der Waals surface area (Å²) in [7, 11) is 0. The number of carbonyl (C=O) groups is 2. The van der Waals surface area contributed by atoms with Crippen molar-refractivity contribution in [3.8, 4) is 5.75 Å². The molecule has 5 nitrogen and oxygen atoms in total. The van der Waals surface area contributed by atoms with E-state index in [9.17, 15) is 9.59 Å². The maximum atomic E-state index is 12.7. The number of benzene rings is 3. The Morgan fingerprint density at radius 3 is 2.43 bits per heavy atom. The number of hydrogen-bond acceptors (Lipinski definition) is 3. The average Bonchev–Trinajstić information content (AvgIpc) is 3.01. The fourth-order valence-corrected chi connectivity index (χ4v) is 3.50. The molecule has 0 aromatic heterocycles. The third-order valence-electron chi connectivity index (χ3n) is 4.45. The molecule has 30 heavy (non-hydrogen) atoms. The highest BCUT2D eigenvalue weighted by atomic mass is 127. The van der Waals surface area contributed by atoms with E-state index in [-0.39, 0.29) is 5.70 Å². The summed E-state index contributed by atoms with van der Waals surface area (Å²) < 4.78 is 6.98. The fraction of sp³-hybridized carbons (Fsp3) is 0.0435. The molecule has 0 unspecified atom stereocenters. The van der Waals surface area contributed by atoms with Gasteiger partial charge in [0.15, 0.2) is 0 Å². The summed E-state index contributed by atoms with van der Waals surface area (Å²) in [4.78, 5) is 26.0. The summed E-state index contributed by atoms with van der Waals surface area (Å²) in [6.07, 6.45) is 1.63. The number of nitrogens with zero attached hydrogens (tertiary/aromatic N) is 1. The Labute approximate surface area is 192 Å². The fourth-order valence-electron chi connectivity index (χ4n) is 2.96. The maximum Gasteiger partial charge on any atom is 0.333 e. The number of hydrogen-bond donors (Lipinski definition) is 1. The van der Waals surface area contributed by atoms with E-state index in [1.807, 2.05) is 48.5 Å². The Balaban J connectivity index is 1.45. The second kappa shape index (κ2) is 8.89. The van der Waals surface area contributed by atoms with E-state index in [0.29, 0.717) is 17.3 Å². The van der Waals surface area contributed by atoms with Crippen LogP contribution in [-0.2, 0) is 11.4 Å². The lowest BCUT2D eigenvalue weighted by Gasteiger charge is -2.11. The highest BCUT2D eigenvalue weighted by Crippen LogP contribution is 2.25. The molecular weight excluding hydrogens is 515 g/mol. The predicted molar refractivity (Wildman–Crippen MR) is 125 cm³/mol. The Kier molecular flexibility index (Phi) is 6.06. The van der Waals surface area contributed by atoms with E-state index in [1.54, 1.807) is 30.3 Å². The van der Waals surface area contributed by atoms with Crippen molar-refractivity contribution in [1.29, 1.82) is 0 Å². The molecule has 1 aliphatic rings. The first-order valence-electron chi connectivity index (χ1n) is 9.09. The molecule has 0 saturated carbocycles. The predicted octanol–water partition coefficient (Wildman–Crippen LogP) is 5.62. The first kappa shape index (κ1) is 20.4. The van der Waals surface area contributed by atoms with Crippen molar-refractivity contribution in [1.82, 2.24) is 5.32 Å². The smallest absolute Gasteiger partial charge is 0.333 e. The van der Waals surface area contributed by atoms with E-state index < -0.39 is 11.9 Å². The minimum atomic E-state index is -0.508. The second-order valence-corrected chi connectivity index (χ2v) is 8.27. The van der Waals surface area contributed by atoms with Gasteiger partial charge < -0.3 is 10.1 Å². The van der Waals surface area contributed by atoms with Gasteiger partial charge in [-0.3, -0.25) is 4.79 Å². The third kappa shape index (κ3) is 4.66. The zero-order valence-corrected chi connectivity index (χ0v) is 18.6. The lowest BCUT2D eigenvalue weighted by molar-refractivity contribution is -0.113. The van der Waals surface area contributed by atoms with Crippen LogP contribution in [0.15, 0.2) is 78.5 Å². The van der Waals surface area contributed by atoms with E-state index in [2.05, 4.69) is 27.9 Å². The van der Waals surface area contributed by atoms with Crippen molar-refractivity contribution in [2.24, 2.45) is 0 Å². The number of nitrogens with one attached hydrogen (secondary N) is 1. The molecule has 1 aliphatic heterocycles. The lowest BCUT2D eigenvalue weighted by Crippen LogP contribution is -2.30. The highest BCUT2D eigenvalue weighted by molar-refractivity contribution is 14.1. The van der Waals surface area contributed by atoms with E-state index >= 15 is 0 Å². The molecule has 0 bridgehead atoms. The largest absolute Gasteiger partial charge is 0.489 e. The van der Waals surface area contributed by atoms with Gasteiger partial charge in [0.2, 0.25) is 0 Å². The van der Waals surface area contributed by atoms with Gasteiger partial charge in [-0.25, -0.2) is 9.69 Å². The van der Waals surface area contributed by atoms with Gasteiger partial charge in [-0.15, -0.1) is 0 Å². The first-order valence-corrected chi connectivity index (χ1v) is 10.6. The summed E-state index contributed by atoms with van der Waals surface area (Å²) in [5.41, 5.74) is 2.48. The third-order valence-corrected chi connectivity index (χ3v) is 5.41. The van der Waals surface area contributed by atoms with Gasteiger partial charge in [-0.2, -0.15) is 0 Å². The molecule has 1 saturated heterocycles. The number of anilines is 1. The van der Waals surface area contributed by atoms with Gasteiger partial charge in [0, 0.05) is 8.59 Å². The van der Waals surface area contributed by atoms with Crippen molar-refractivity contribution in [2.45, 2.75) is 6.61 Å². The van der Waals surface area contributed by atoms with E-state index in [0.717, 1.165) is 21.8 Å². The Morgan fingerprint density at radius 1 is 1.00 bits per heavy atom. The molecule has 4 rings (SSSR count). The lowest BCUT2D eigenvalue weighted by atomic mass is 10.2. The van der Waals surface area contributed by atoms with Crippen LogP contribution in [0.25, 0.3) is 6.08 Å². The zero-order valence-electron chi connectivity index (χ0n) is 15.6. The number of urea groups is 1. The zero-order chi connectivity index (χ0) is 21.1. The molecule has 0 aliphatic carbocycles. The van der Waals surface area contributed by atoms with Crippen LogP contribution in [0.2, 0.25) is 5.02 Å². The molecule has 3 aromatic carbocycles. The quantitative estimate of drug-likeness (QED) is 0.265. The number of halogens is 2. The summed E-state index contributed by atoms with van der Waals surface area (Å²) in [6, 6.07) is 21.5. The van der Waals surface area contributed by atoms with Crippen LogP contribution in [-0.4, -0.2) is 11.9 Å². The van der Waals surface area contributed by atoms with Gasteiger partial charge in [0.05, 0.1) is 5.69 Å². The molecule has 0 atom stereocenters. The van der Waals surface area contributed by atoms with E-state index in [4.69, 9.17) is 16.3 Å². The number of rotatable bonds is 5. The average molecular weight is 531 g/mol. The van der Waals surface area contributed by atoms with Crippen LogP contribution in [0.1, 0.15) is 11.1 Å². The monoisotopic (exact) mass is 530 g/mol. The minimum absolute atomic E-state index is 0.201. The highest BCUT2D eigenvalue weighted by Gasteiger charge is 2.34. The normalized spacial score (nSPS) is 14.9. The Hall–Kier alpha value is -2.84. The van der Waals surface area contributed by atoms with Crippen molar-refractivity contribution in [2.75, 3.05) is 4.90 Å². The molecular formula is C23H16ClIN2O3. The van der Waals surface area contributed by atoms with Crippen molar-refractivity contribution in [3.05, 3.63) is 98.2 Å². The molecule has 0 radical (unpaired) electrons. The van der Waals surface area contributed by atoms with Crippen molar-refractivity contribution >= 4 is 57.9 Å². The summed E-state index contributed by atoms with van der Waals surface area (Å²) in [5.74, 6) is 0.291. The molecule has 1 fully saturated rings. The van der Waals surface area contributed by atoms with Gasteiger partial charge in [0.1, 0.15) is 18.1 Å². The molecule has 1 N–H and O–H groups in total. The summed E-state index contributed by atoms with van der Waals surface area (Å²) in [5, 5.41) is 3.06. The molecule has 1 heterocycles.